The Morgan fingerprint density at radius 1 is 1.47 bits per heavy atom. The van der Waals surface area contributed by atoms with Gasteiger partial charge in [0.1, 0.15) is 0 Å². The van der Waals surface area contributed by atoms with Crippen LogP contribution in [0.3, 0.4) is 0 Å². The highest BCUT2D eigenvalue weighted by atomic mass is 16.5. The summed E-state index contributed by atoms with van der Waals surface area (Å²) in [7, 11) is 0. The molecule has 5 nitrogen and oxygen atoms in total. The third-order valence-corrected chi connectivity index (χ3v) is 2.68. The number of likely N-dealkylation sites (tertiary alicyclic amines) is 1. The van der Waals surface area contributed by atoms with Gasteiger partial charge in [-0.15, -0.1) is 0 Å². The van der Waals surface area contributed by atoms with E-state index in [1.807, 2.05) is 0 Å². The van der Waals surface area contributed by atoms with E-state index < -0.39 is 0 Å². The molecule has 5 heteroatoms. The summed E-state index contributed by atoms with van der Waals surface area (Å²) in [6.45, 7) is 3.43. The minimum absolute atomic E-state index is 0.102. The standard InChI is InChI=1S/C10H21N3O2/c11-10(12)3-6-13-4-1-9(2-5-13)15-8-7-14/h9,14H,1-8H2,(H3,11,12). The second-order valence-corrected chi connectivity index (χ2v) is 3.91. The van der Waals surface area contributed by atoms with Crippen LogP contribution < -0.4 is 5.73 Å². The number of hydrogen-bond donors (Lipinski definition) is 3. The van der Waals surface area contributed by atoms with Gasteiger partial charge in [0.05, 0.1) is 25.2 Å². The number of nitrogens with two attached hydrogens (primary N) is 1. The van der Waals surface area contributed by atoms with E-state index in [0.717, 1.165) is 32.5 Å². The van der Waals surface area contributed by atoms with Crippen LogP contribution in [0.15, 0.2) is 0 Å². The molecule has 1 rings (SSSR count). The first-order valence-corrected chi connectivity index (χ1v) is 5.50. The zero-order valence-corrected chi connectivity index (χ0v) is 9.11. The van der Waals surface area contributed by atoms with Crippen LogP contribution in [0.4, 0.5) is 0 Å². The zero-order valence-electron chi connectivity index (χ0n) is 9.11. The third-order valence-electron chi connectivity index (χ3n) is 2.68. The van der Waals surface area contributed by atoms with Crippen LogP contribution in [0.5, 0.6) is 0 Å². The summed E-state index contributed by atoms with van der Waals surface area (Å²) < 4.78 is 5.46. The van der Waals surface area contributed by atoms with Crippen molar-refractivity contribution in [2.24, 2.45) is 5.73 Å². The molecule has 1 saturated heterocycles. The van der Waals surface area contributed by atoms with Crippen LogP contribution in [0.25, 0.3) is 0 Å². The Labute approximate surface area is 90.7 Å². The number of ether oxygens (including phenoxy) is 1. The zero-order chi connectivity index (χ0) is 11.1. The van der Waals surface area contributed by atoms with Gasteiger partial charge < -0.3 is 20.5 Å². The molecule has 0 bridgehead atoms. The van der Waals surface area contributed by atoms with Gasteiger partial charge in [-0.05, 0) is 12.8 Å². The smallest absolute Gasteiger partial charge is 0.0918 e. The Morgan fingerprint density at radius 2 is 2.13 bits per heavy atom. The lowest BCUT2D eigenvalue weighted by Gasteiger charge is -2.31. The molecule has 0 aromatic carbocycles. The molecule has 0 radical (unpaired) electrons. The van der Waals surface area contributed by atoms with Crippen LogP contribution >= 0.6 is 0 Å². The molecule has 15 heavy (non-hydrogen) atoms. The fourth-order valence-corrected chi connectivity index (χ4v) is 1.80. The van der Waals surface area contributed by atoms with Crippen molar-refractivity contribution >= 4 is 5.84 Å². The first-order chi connectivity index (χ1) is 7.22. The van der Waals surface area contributed by atoms with E-state index in [1.165, 1.54) is 0 Å². The molecule has 0 unspecified atom stereocenters. The molecular weight excluding hydrogens is 194 g/mol. The normalized spacial score (nSPS) is 19.3. The Kier molecular flexibility index (Phi) is 5.60. The number of amidine groups is 1. The summed E-state index contributed by atoms with van der Waals surface area (Å²) in [4.78, 5) is 2.31. The lowest BCUT2D eigenvalue weighted by Crippen LogP contribution is -2.38. The van der Waals surface area contributed by atoms with Crippen molar-refractivity contribution in [2.75, 3.05) is 32.8 Å². The van der Waals surface area contributed by atoms with E-state index in [0.29, 0.717) is 19.1 Å². The number of piperidine rings is 1. The van der Waals surface area contributed by atoms with Gasteiger partial charge in [0.15, 0.2) is 0 Å². The number of rotatable bonds is 6. The van der Waals surface area contributed by atoms with E-state index >= 15 is 0 Å². The predicted molar refractivity (Wildman–Crippen MR) is 59.0 cm³/mol. The quantitative estimate of drug-likeness (QED) is 0.423. The number of nitrogens with zero attached hydrogens (tertiary/aromatic N) is 1. The van der Waals surface area contributed by atoms with E-state index in [9.17, 15) is 0 Å². The summed E-state index contributed by atoms with van der Waals surface area (Å²) in [5.41, 5.74) is 5.31. The highest BCUT2D eigenvalue weighted by molar-refractivity contribution is 5.76. The Hall–Kier alpha value is -0.650. The average molecular weight is 215 g/mol. The number of nitrogens with one attached hydrogen (secondary N) is 1. The van der Waals surface area contributed by atoms with E-state index in [-0.39, 0.29) is 12.4 Å². The molecule has 0 atom stereocenters. The predicted octanol–water partition coefficient (Wildman–Crippen LogP) is -0.214. The monoisotopic (exact) mass is 215 g/mol. The third kappa shape index (κ3) is 5.11. The molecule has 0 aromatic heterocycles. The maximum atomic E-state index is 8.62. The molecule has 1 aliphatic heterocycles. The molecule has 0 amide bonds. The van der Waals surface area contributed by atoms with Crippen molar-refractivity contribution in [3.63, 3.8) is 0 Å². The summed E-state index contributed by atoms with van der Waals surface area (Å²) in [6.07, 6.45) is 2.98. The number of aliphatic hydroxyl groups is 1. The SMILES string of the molecule is N=C(N)CCN1CCC(OCCO)CC1. The molecule has 88 valence electrons. The highest BCUT2D eigenvalue weighted by Crippen LogP contribution is 2.13. The minimum atomic E-state index is 0.102. The van der Waals surface area contributed by atoms with E-state index in [4.69, 9.17) is 21.0 Å². The van der Waals surface area contributed by atoms with Crippen molar-refractivity contribution in [1.82, 2.24) is 4.90 Å². The molecule has 0 spiro atoms. The van der Waals surface area contributed by atoms with Crippen LogP contribution in [0.1, 0.15) is 19.3 Å². The lowest BCUT2D eigenvalue weighted by atomic mass is 10.1. The molecule has 0 aliphatic carbocycles. The van der Waals surface area contributed by atoms with Gasteiger partial charge in [-0.2, -0.15) is 0 Å². The number of aliphatic hydroxyl groups excluding tert-OH is 1. The number of hydrogen-bond acceptors (Lipinski definition) is 4. The van der Waals surface area contributed by atoms with Crippen LogP contribution in [-0.2, 0) is 4.74 Å². The van der Waals surface area contributed by atoms with Crippen molar-refractivity contribution in [3.05, 3.63) is 0 Å². The molecular formula is C10H21N3O2. The fraction of sp³-hybridized carbons (Fsp3) is 0.900. The molecule has 1 aliphatic rings. The Morgan fingerprint density at radius 3 is 2.67 bits per heavy atom. The minimum Gasteiger partial charge on any atom is -0.394 e. The van der Waals surface area contributed by atoms with Gasteiger partial charge in [0.2, 0.25) is 0 Å². The van der Waals surface area contributed by atoms with Crippen molar-refractivity contribution in [1.29, 1.82) is 5.41 Å². The van der Waals surface area contributed by atoms with Crippen molar-refractivity contribution in [3.8, 4) is 0 Å². The first kappa shape index (κ1) is 12.4. The second-order valence-electron chi connectivity index (χ2n) is 3.91. The van der Waals surface area contributed by atoms with Gasteiger partial charge >= 0.3 is 0 Å². The van der Waals surface area contributed by atoms with Gasteiger partial charge in [0, 0.05) is 26.1 Å². The Balaban J connectivity index is 2.09. The molecule has 4 N–H and O–H groups in total. The van der Waals surface area contributed by atoms with E-state index in [1.54, 1.807) is 0 Å². The maximum absolute atomic E-state index is 8.62. The van der Waals surface area contributed by atoms with Gasteiger partial charge in [-0.25, -0.2) is 0 Å². The first-order valence-electron chi connectivity index (χ1n) is 5.50. The molecule has 0 aromatic rings. The fourth-order valence-electron chi connectivity index (χ4n) is 1.80. The summed E-state index contributed by atoms with van der Waals surface area (Å²) in [5, 5.41) is 15.8. The van der Waals surface area contributed by atoms with Gasteiger partial charge in [-0.1, -0.05) is 0 Å². The van der Waals surface area contributed by atoms with Gasteiger partial charge in [0.25, 0.3) is 0 Å². The van der Waals surface area contributed by atoms with Crippen LogP contribution in [0.2, 0.25) is 0 Å². The van der Waals surface area contributed by atoms with Crippen LogP contribution in [0, 0.1) is 5.41 Å². The van der Waals surface area contributed by atoms with E-state index in [2.05, 4.69) is 4.90 Å². The van der Waals surface area contributed by atoms with Crippen LogP contribution in [-0.4, -0.2) is 54.8 Å². The Bertz CT molecular complexity index is 191. The summed E-state index contributed by atoms with van der Waals surface area (Å²) in [5.74, 6) is 0.258. The molecule has 0 saturated carbocycles. The summed E-state index contributed by atoms with van der Waals surface area (Å²) in [6, 6.07) is 0. The molecule has 1 heterocycles. The summed E-state index contributed by atoms with van der Waals surface area (Å²) >= 11 is 0. The maximum Gasteiger partial charge on any atom is 0.0918 e. The topological polar surface area (TPSA) is 82.6 Å². The lowest BCUT2D eigenvalue weighted by molar-refractivity contribution is -0.00725. The largest absolute Gasteiger partial charge is 0.394 e. The second kappa shape index (κ2) is 6.76. The molecule has 1 fully saturated rings. The highest BCUT2D eigenvalue weighted by Gasteiger charge is 2.18. The van der Waals surface area contributed by atoms with Crippen molar-refractivity contribution in [2.45, 2.75) is 25.4 Å². The van der Waals surface area contributed by atoms with Crippen molar-refractivity contribution < 1.29 is 9.84 Å². The average Bonchev–Trinajstić information content (AvgIpc) is 2.25. The van der Waals surface area contributed by atoms with Gasteiger partial charge in [-0.3, -0.25) is 5.41 Å².